The first-order valence-electron chi connectivity index (χ1n) is 7.31. The van der Waals surface area contributed by atoms with Crippen molar-refractivity contribution in [2.45, 2.75) is 25.9 Å². The summed E-state index contributed by atoms with van der Waals surface area (Å²) in [6.45, 7) is 6.62. The molecule has 2 unspecified atom stereocenters. The van der Waals surface area contributed by atoms with Gasteiger partial charge in [-0.2, -0.15) is 0 Å². The van der Waals surface area contributed by atoms with Crippen molar-refractivity contribution in [2.24, 2.45) is 0 Å². The lowest BCUT2D eigenvalue weighted by Crippen LogP contribution is -2.30. The molecule has 111 valence electrons. The number of nitrogens with zero attached hydrogens (tertiary/aromatic N) is 1. The van der Waals surface area contributed by atoms with E-state index < -0.39 is 8.07 Å². The van der Waals surface area contributed by atoms with Gasteiger partial charge in [-0.05, 0) is 30.9 Å². The summed E-state index contributed by atoms with van der Waals surface area (Å²) in [4.78, 5) is 0. The molecule has 0 fully saturated rings. The summed E-state index contributed by atoms with van der Waals surface area (Å²) >= 11 is 0. The van der Waals surface area contributed by atoms with E-state index in [1.54, 1.807) is 7.11 Å². The Morgan fingerprint density at radius 2 is 1.86 bits per heavy atom. The Balaban J connectivity index is 0.00000220. The van der Waals surface area contributed by atoms with E-state index in [1.165, 1.54) is 5.30 Å². The van der Waals surface area contributed by atoms with Gasteiger partial charge in [0, 0.05) is 16.5 Å². The van der Waals surface area contributed by atoms with E-state index in [1.807, 2.05) is 0 Å². The Hall–Kier alpha value is -1.05. The maximum Gasteiger partial charge on any atom is 0.105 e. The molecular formula is C17H24BNOP. The number of methoxy groups -OCH3 is 1. The predicted octanol–water partition coefficient (Wildman–Crippen LogP) is 3.53. The normalized spacial score (nSPS) is 18.9. The lowest BCUT2D eigenvalue weighted by atomic mass is 10.2. The van der Waals surface area contributed by atoms with Crippen molar-refractivity contribution in [1.29, 1.82) is 0 Å². The average Bonchev–Trinajstić information content (AvgIpc) is 2.53. The Labute approximate surface area is 132 Å². The van der Waals surface area contributed by atoms with Gasteiger partial charge in [-0.3, -0.25) is 4.67 Å². The highest BCUT2D eigenvalue weighted by molar-refractivity contribution is 7.64. The van der Waals surface area contributed by atoms with Crippen LogP contribution in [0.15, 0.2) is 54.3 Å². The van der Waals surface area contributed by atoms with Crippen molar-refractivity contribution in [3.8, 4) is 0 Å². The molecule has 2 rings (SSSR count). The zero-order valence-electron chi connectivity index (χ0n) is 13.2. The van der Waals surface area contributed by atoms with Gasteiger partial charge in [0.15, 0.2) is 0 Å². The minimum absolute atomic E-state index is 0. The summed E-state index contributed by atoms with van der Waals surface area (Å²) in [5, 5.41) is 1.42. The van der Waals surface area contributed by atoms with Crippen molar-refractivity contribution in [3.63, 3.8) is 0 Å². The molecule has 2 nitrogen and oxygen atoms in total. The molecule has 2 atom stereocenters. The minimum atomic E-state index is -0.429. The van der Waals surface area contributed by atoms with Crippen LogP contribution in [0.3, 0.4) is 0 Å². The first kappa shape index (κ1) is 18.0. The molecule has 4 heteroatoms. The minimum Gasteiger partial charge on any atom is -0.500 e. The molecule has 21 heavy (non-hydrogen) atoms. The molecule has 1 aromatic rings. The maximum absolute atomic E-state index is 5.64. The van der Waals surface area contributed by atoms with E-state index in [0.29, 0.717) is 5.66 Å². The van der Waals surface area contributed by atoms with Gasteiger partial charge in [0.05, 0.1) is 12.8 Å². The first-order valence-corrected chi connectivity index (χ1v) is 8.68. The molecule has 1 aliphatic carbocycles. The Bertz CT molecular complexity index is 471. The molecule has 0 bridgehead atoms. The summed E-state index contributed by atoms with van der Waals surface area (Å²) in [5.41, 5.74) is 0.367. The van der Waals surface area contributed by atoms with Crippen LogP contribution in [0.2, 0.25) is 0 Å². The van der Waals surface area contributed by atoms with Gasteiger partial charge in [0.25, 0.3) is 0 Å². The summed E-state index contributed by atoms with van der Waals surface area (Å²) in [6.07, 6.45) is 7.78. The standard InChI is InChI=1S/C17H24NOP.B/c1-4-18(5-2)20(15-11-7-6-8-12-15)17-14-10-9-13-16(17)19-3;/h6-8,10-14,17H,4-5,9H2,1-3H3;. The summed E-state index contributed by atoms with van der Waals surface area (Å²) < 4.78 is 8.21. The fourth-order valence-corrected chi connectivity index (χ4v) is 5.45. The van der Waals surface area contributed by atoms with Gasteiger partial charge >= 0.3 is 0 Å². The number of hydrogen-bond acceptors (Lipinski definition) is 2. The molecule has 0 saturated carbocycles. The van der Waals surface area contributed by atoms with Gasteiger partial charge in [0.2, 0.25) is 0 Å². The van der Waals surface area contributed by atoms with Crippen LogP contribution < -0.4 is 5.30 Å². The molecule has 1 aliphatic rings. The van der Waals surface area contributed by atoms with Crippen molar-refractivity contribution >= 4 is 21.8 Å². The maximum atomic E-state index is 5.64. The molecular weight excluding hydrogens is 276 g/mol. The zero-order chi connectivity index (χ0) is 14.4. The largest absolute Gasteiger partial charge is 0.500 e. The van der Waals surface area contributed by atoms with Gasteiger partial charge in [0.1, 0.15) is 5.76 Å². The second-order valence-electron chi connectivity index (χ2n) is 4.74. The van der Waals surface area contributed by atoms with E-state index in [9.17, 15) is 0 Å². The highest BCUT2D eigenvalue weighted by atomic mass is 31.1. The van der Waals surface area contributed by atoms with Crippen LogP contribution in [0.4, 0.5) is 0 Å². The second-order valence-corrected chi connectivity index (χ2v) is 7.07. The Morgan fingerprint density at radius 3 is 2.43 bits per heavy atom. The Morgan fingerprint density at radius 1 is 1.19 bits per heavy atom. The number of rotatable bonds is 6. The molecule has 0 N–H and O–H groups in total. The smallest absolute Gasteiger partial charge is 0.105 e. The zero-order valence-corrected chi connectivity index (χ0v) is 14.1. The summed E-state index contributed by atoms with van der Waals surface area (Å²) in [7, 11) is 1.36. The number of hydrogen-bond donors (Lipinski definition) is 0. The van der Waals surface area contributed by atoms with E-state index in [2.05, 4.69) is 67.1 Å². The Kier molecular flexibility index (Phi) is 7.78. The molecule has 0 aromatic heterocycles. The topological polar surface area (TPSA) is 12.5 Å². The lowest BCUT2D eigenvalue weighted by Gasteiger charge is -2.36. The molecule has 1 aromatic carbocycles. The SMILES string of the molecule is CCN(CC)P(c1ccccc1)C1C=CCC=C1OC.[B]. The molecule has 0 aliphatic heterocycles. The van der Waals surface area contributed by atoms with Crippen LogP contribution in [-0.4, -0.2) is 38.9 Å². The second kappa shape index (κ2) is 9.07. The van der Waals surface area contributed by atoms with Crippen molar-refractivity contribution in [3.05, 3.63) is 54.3 Å². The van der Waals surface area contributed by atoms with Crippen LogP contribution in [0.1, 0.15) is 20.3 Å². The van der Waals surface area contributed by atoms with E-state index in [0.717, 1.165) is 25.3 Å². The average molecular weight is 300 g/mol. The number of ether oxygens (including phenoxy) is 1. The fourth-order valence-electron chi connectivity index (χ4n) is 2.62. The summed E-state index contributed by atoms with van der Waals surface area (Å²) in [5.74, 6) is 1.12. The number of allylic oxidation sites excluding steroid dienone is 3. The predicted molar refractivity (Wildman–Crippen MR) is 94.3 cm³/mol. The number of benzene rings is 1. The molecule has 3 radical (unpaired) electrons. The van der Waals surface area contributed by atoms with E-state index >= 15 is 0 Å². The molecule has 0 amide bonds. The van der Waals surface area contributed by atoms with Gasteiger partial charge in [-0.25, -0.2) is 0 Å². The van der Waals surface area contributed by atoms with Crippen LogP contribution in [0.25, 0.3) is 0 Å². The van der Waals surface area contributed by atoms with Gasteiger partial charge in [-0.15, -0.1) is 0 Å². The molecule has 0 saturated heterocycles. The first-order chi connectivity index (χ1) is 9.81. The highest BCUT2D eigenvalue weighted by Crippen LogP contribution is 2.48. The van der Waals surface area contributed by atoms with Crippen molar-refractivity contribution in [2.75, 3.05) is 20.2 Å². The summed E-state index contributed by atoms with van der Waals surface area (Å²) in [6, 6.07) is 10.9. The third-order valence-electron chi connectivity index (χ3n) is 3.62. The van der Waals surface area contributed by atoms with Crippen LogP contribution in [0.5, 0.6) is 0 Å². The third-order valence-corrected chi connectivity index (χ3v) is 6.58. The quantitative estimate of drug-likeness (QED) is 0.453. The fraction of sp³-hybridized carbons (Fsp3) is 0.412. The molecule has 0 spiro atoms. The van der Waals surface area contributed by atoms with Gasteiger partial charge < -0.3 is 4.74 Å². The highest BCUT2D eigenvalue weighted by Gasteiger charge is 2.30. The van der Waals surface area contributed by atoms with Gasteiger partial charge in [-0.1, -0.05) is 56.3 Å². The molecule has 0 heterocycles. The lowest BCUT2D eigenvalue weighted by molar-refractivity contribution is 0.282. The van der Waals surface area contributed by atoms with Crippen molar-refractivity contribution < 1.29 is 4.74 Å². The monoisotopic (exact) mass is 300 g/mol. The van der Waals surface area contributed by atoms with E-state index in [-0.39, 0.29) is 8.41 Å². The van der Waals surface area contributed by atoms with Crippen LogP contribution in [-0.2, 0) is 4.74 Å². The van der Waals surface area contributed by atoms with Crippen molar-refractivity contribution in [1.82, 2.24) is 4.67 Å². The third kappa shape index (κ3) is 4.21. The van der Waals surface area contributed by atoms with Crippen LogP contribution in [0, 0.1) is 0 Å². The van der Waals surface area contributed by atoms with E-state index in [4.69, 9.17) is 4.74 Å². The van der Waals surface area contributed by atoms with Crippen LogP contribution >= 0.6 is 8.07 Å².